The lowest BCUT2D eigenvalue weighted by molar-refractivity contribution is -0.136. The van der Waals surface area contributed by atoms with Crippen molar-refractivity contribution in [1.29, 1.82) is 0 Å². The fraction of sp³-hybridized carbons (Fsp3) is 0.417. The fourth-order valence-corrected chi connectivity index (χ4v) is 2.03. The van der Waals surface area contributed by atoms with Crippen LogP contribution in [0.4, 0.5) is 0 Å². The average molecular weight is 293 g/mol. The number of hydrogen-bond donors (Lipinski definition) is 3. The molecule has 0 bridgehead atoms. The van der Waals surface area contributed by atoms with E-state index in [0.717, 1.165) is 0 Å². The summed E-state index contributed by atoms with van der Waals surface area (Å²) in [5, 5.41) is 28.4. The zero-order chi connectivity index (χ0) is 13.7. The predicted molar refractivity (Wildman–Crippen MR) is 69.1 cm³/mol. The van der Waals surface area contributed by atoms with Crippen molar-refractivity contribution in [2.24, 2.45) is 0 Å². The van der Waals surface area contributed by atoms with Crippen molar-refractivity contribution in [2.45, 2.75) is 25.0 Å². The lowest BCUT2D eigenvalue weighted by atomic mass is 10.0. The summed E-state index contributed by atoms with van der Waals surface area (Å²) < 4.78 is 0. The molecule has 2 atom stereocenters. The van der Waals surface area contributed by atoms with Crippen LogP contribution in [0, 0.1) is 0 Å². The number of halogens is 2. The van der Waals surface area contributed by atoms with E-state index >= 15 is 0 Å². The summed E-state index contributed by atoms with van der Waals surface area (Å²) in [5.74, 6) is -0.740. The number of aliphatic hydroxyl groups is 2. The van der Waals surface area contributed by atoms with Gasteiger partial charge >= 0.3 is 5.97 Å². The topological polar surface area (TPSA) is 77.8 Å². The molecule has 1 aromatic carbocycles. The Morgan fingerprint density at radius 1 is 1.33 bits per heavy atom. The van der Waals surface area contributed by atoms with Gasteiger partial charge < -0.3 is 15.3 Å². The van der Waals surface area contributed by atoms with Gasteiger partial charge in [0.2, 0.25) is 0 Å². The van der Waals surface area contributed by atoms with Crippen LogP contribution in [0.25, 0.3) is 0 Å². The Morgan fingerprint density at radius 3 is 2.50 bits per heavy atom. The van der Waals surface area contributed by atoms with Crippen LogP contribution in [0.2, 0.25) is 5.02 Å². The van der Waals surface area contributed by atoms with Gasteiger partial charge in [-0.3, -0.25) is 4.79 Å². The lowest BCUT2D eigenvalue weighted by Gasteiger charge is -2.18. The maximum atomic E-state index is 10.6. The van der Waals surface area contributed by atoms with Gasteiger partial charge in [0, 0.05) is 10.9 Å². The van der Waals surface area contributed by atoms with Crippen LogP contribution >= 0.6 is 23.2 Å². The van der Waals surface area contributed by atoms with E-state index in [2.05, 4.69) is 0 Å². The van der Waals surface area contributed by atoms with Crippen LogP contribution in [0.3, 0.4) is 0 Å². The number of carboxylic acids is 1. The highest BCUT2D eigenvalue weighted by Crippen LogP contribution is 2.25. The van der Waals surface area contributed by atoms with Crippen molar-refractivity contribution in [1.82, 2.24) is 0 Å². The third kappa shape index (κ3) is 4.14. The van der Waals surface area contributed by atoms with Gasteiger partial charge in [-0.25, -0.2) is 0 Å². The summed E-state index contributed by atoms with van der Waals surface area (Å²) in [6.07, 6.45) is -1.97. The first kappa shape index (κ1) is 15.2. The van der Waals surface area contributed by atoms with Gasteiger partial charge in [-0.1, -0.05) is 23.7 Å². The van der Waals surface area contributed by atoms with Crippen molar-refractivity contribution >= 4 is 29.2 Å². The SMILES string of the molecule is O=C(O)Cc1ccc(C(O)C(O)CCCl)cc1Cl. The molecular formula is C12H14Cl2O4. The molecule has 1 rings (SSSR count). The van der Waals surface area contributed by atoms with Crippen molar-refractivity contribution in [3.8, 4) is 0 Å². The van der Waals surface area contributed by atoms with Crippen LogP contribution in [-0.4, -0.2) is 33.3 Å². The third-order valence-electron chi connectivity index (χ3n) is 2.53. The number of alkyl halides is 1. The number of carbonyl (C=O) groups is 1. The standard InChI is InChI=1S/C12H14Cl2O4/c13-4-3-10(15)12(18)8-2-1-7(6-11(16)17)9(14)5-8/h1-2,5,10,12,15,18H,3-4,6H2,(H,16,17). The summed E-state index contributed by atoms with van der Waals surface area (Å²) in [4.78, 5) is 10.6. The molecule has 1 aromatic rings. The van der Waals surface area contributed by atoms with E-state index in [1.54, 1.807) is 6.07 Å². The van der Waals surface area contributed by atoms with Crippen LogP contribution < -0.4 is 0 Å². The number of rotatable bonds is 6. The monoisotopic (exact) mass is 292 g/mol. The fourth-order valence-electron chi connectivity index (χ4n) is 1.55. The molecule has 100 valence electrons. The maximum absolute atomic E-state index is 10.6. The smallest absolute Gasteiger partial charge is 0.307 e. The second kappa shape index (κ2) is 6.95. The molecule has 0 spiro atoms. The summed E-state index contributed by atoms with van der Waals surface area (Å²) in [6, 6.07) is 4.54. The zero-order valence-corrected chi connectivity index (χ0v) is 11.0. The van der Waals surface area contributed by atoms with E-state index in [4.69, 9.17) is 28.3 Å². The minimum absolute atomic E-state index is 0.181. The second-order valence-electron chi connectivity index (χ2n) is 3.91. The maximum Gasteiger partial charge on any atom is 0.307 e. The summed E-state index contributed by atoms with van der Waals surface area (Å²) >= 11 is 11.4. The Kier molecular flexibility index (Phi) is 5.88. The predicted octanol–water partition coefficient (Wildman–Crippen LogP) is 1.99. The molecular weight excluding hydrogens is 279 g/mol. The normalized spacial score (nSPS) is 14.2. The zero-order valence-electron chi connectivity index (χ0n) is 9.51. The molecule has 2 unspecified atom stereocenters. The van der Waals surface area contributed by atoms with E-state index in [-0.39, 0.29) is 23.7 Å². The van der Waals surface area contributed by atoms with Crippen LogP contribution in [-0.2, 0) is 11.2 Å². The minimum Gasteiger partial charge on any atom is -0.481 e. The third-order valence-corrected chi connectivity index (χ3v) is 3.10. The molecule has 0 aliphatic rings. The second-order valence-corrected chi connectivity index (χ2v) is 4.70. The number of aliphatic hydroxyl groups excluding tert-OH is 2. The number of hydrogen-bond acceptors (Lipinski definition) is 3. The van der Waals surface area contributed by atoms with Gasteiger partial charge in [0.25, 0.3) is 0 Å². The van der Waals surface area contributed by atoms with Gasteiger partial charge in [-0.05, 0) is 23.6 Å². The van der Waals surface area contributed by atoms with Crippen LogP contribution in [0.1, 0.15) is 23.7 Å². The first-order valence-electron chi connectivity index (χ1n) is 5.38. The molecule has 0 aromatic heterocycles. The molecule has 0 aliphatic heterocycles. The highest BCUT2D eigenvalue weighted by molar-refractivity contribution is 6.31. The van der Waals surface area contributed by atoms with Crippen molar-refractivity contribution in [3.05, 3.63) is 34.3 Å². The quantitative estimate of drug-likeness (QED) is 0.701. The lowest BCUT2D eigenvalue weighted by Crippen LogP contribution is -2.18. The first-order valence-corrected chi connectivity index (χ1v) is 6.29. The molecule has 4 nitrogen and oxygen atoms in total. The molecule has 0 aliphatic carbocycles. The number of benzene rings is 1. The van der Waals surface area contributed by atoms with Gasteiger partial charge in [0.1, 0.15) is 6.10 Å². The van der Waals surface area contributed by atoms with Crippen LogP contribution in [0.15, 0.2) is 18.2 Å². The van der Waals surface area contributed by atoms with Gasteiger partial charge in [-0.15, -0.1) is 11.6 Å². The highest BCUT2D eigenvalue weighted by Gasteiger charge is 2.19. The molecule has 0 fully saturated rings. The van der Waals surface area contributed by atoms with E-state index in [1.165, 1.54) is 12.1 Å². The van der Waals surface area contributed by atoms with Crippen molar-refractivity contribution in [3.63, 3.8) is 0 Å². The molecule has 6 heteroatoms. The molecule has 0 amide bonds. The Labute approximate surface area is 115 Å². The van der Waals surface area contributed by atoms with Crippen LogP contribution in [0.5, 0.6) is 0 Å². The summed E-state index contributed by atoms with van der Waals surface area (Å²) in [7, 11) is 0. The van der Waals surface area contributed by atoms with Gasteiger partial charge in [0.05, 0.1) is 12.5 Å². The summed E-state index contributed by atoms with van der Waals surface area (Å²) in [5.41, 5.74) is 0.902. The number of carboxylic acid groups (broad SMARTS) is 1. The Hall–Kier alpha value is -0.810. The average Bonchev–Trinajstić information content (AvgIpc) is 2.30. The van der Waals surface area contributed by atoms with Crippen molar-refractivity contribution in [2.75, 3.05) is 5.88 Å². The Bertz CT molecular complexity index is 423. The van der Waals surface area contributed by atoms with E-state index < -0.39 is 18.2 Å². The van der Waals surface area contributed by atoms with E-state index in [0.29, 0.717) is 11.1 Å². The molecule has 0 saturated carbocycles. The first-order chi connectivity index (χ1) is 8.45. The Morgan fingerprint density at radius 2 is 2.00 bits per heavy atom. The largest absolute Gasteiger partial charge is 0.481 e. The molecule has 0 saturated heterocycles. The van der Waals surface area contributed by atoms with Crippen molar-refractivity contribution < 1.29 is 20.1 Å². The van der Waals surface area contributed by atoms with Gasteiger partial charge in [-0.2, -0.15) is 0 Å². The molecule has 3 N–H and O–H groups in total. The highest BCUT2D eigenvalue weighted by atomic mass is 35.5. The van der Waals surface area contributed by atoms with Gasteiger partial charge in [0.15, 0.2) is 0 Å². The summed E-state index contributed by atoms with van der Waals surface area (Å²) in [6.45, 7) is 0. The molecule has 18 heavy (non-hydrogen) atoms. The van der Waals surface area contributed by atoms with E-state index in [9.17, 15) is 15.0 Å². The molecule has 0 heterocycles. The van der Waals surface area contributed by atoms with E-state index in [1.807, 2.05) is 0 Å². The Balaban J connectivity index is 2.86. The molecule has 0 radical (unpaired) electrons. The number of aliphatic carboxylic acids is 1. The minimum atomic E-state index is -1.08.